The average molecular weight is 124 g/mol. The Labute approximate surface area is 58.6 Å². The first-order chi connectivity index (χ1) is 4.06. The smallest absolute Gasteiger partial charge is 0.0401 e. The molecule has 0 saturated carbocycles. The van der Waals surface area contributed by atoms with Crippen LogP contribution in [0.1, 0.15) is 20.8 Å². The molecule has 0 heterocycles. The fraction of sp³-hybridized carbons (Fsp3) is 0.333. The van der Waals surface area contributed by atoms with Gasteiger partial charge in [-0.05, 0) is 20.8 Å². The van der Waals surface area contributed by atoms with Crippen molar-refractivity contribution >= 4 is 0 Å². The molecule has 0 saturated heterocycles. The number of rotatable bonds is 1. The van der Waals surface area contributed by atoms with Gasteiger partial charge in [0.2, 0.25) is 0 Å². The normalized spacial score (nSPS) is 6.56. The van der Waals surface area contributed by atoms with E-state index in [1.54, 1.807) is 6.08 Å². The van der Waals surface area contributed by atoms with E-state index >= 15 is 0 Å². The Morgan fingerprint density at radius 3 is 1.22 bits per heavy atom. The summed E-state index contributed by atoms with van der Waals surface area (Å²) in [6.07, 6.45) is 1.75. The quantitative estimate of drug-likeness (QED) is 0.371. The van der Waals surface area contributed by atoms with Crippen LogP contribution in [0, 0.1) is 0 Å². The largest absolute Gasteiger partial charge is 0.103 e. The standard InChI is InChI=1S/C6H10.C3H6/c1-5(2)6(3)4;1-3-2/h1,3H2,2,4H3;3H,1H2,2H3. The predicted octanol–water partition coefficient (Wildman–Crippen LogP) is 3.33. The fourth-order valence-electron chi connectivity index (χ4n) is 0. The maximum absolute atomic E-state index is 3.66. The molecule has 0 radical (unpaired) electrons. The Morgan fingerprint density at radius 1 is 1.11 bits per heavy atom. The second-order valence-electron chi connectivity index (χ2n) is 1.97. The van der Waals surface area contributed by atoms with Crippen LogP contribution in [0.3, 0.4) is 0 Å². The molecule has 0 bridgehead atoms. The predicted molar refractivity (Wildman–Crippen MR) is 45.5 cm³/mol. The van der Waals surface area contributed by atoms with E-state index in [1.807, 2.05) is 20.8 Å². The van der Waals surface area contributed by atoms with Gasteiger partial charge in [-0.15, -0.1) is 6.58 Å². The summed E-state index contributed by atoms with van der Waals surface area (Å²) in [7, 11) is 0. The Balaban J connectivity index is 0. The highest BCUT2D eigenvalue weighted by Crippen LogP contribution is 1.98. The topological polar surface area (TPSA) is 0 Å². The molecule has 52 valence electrons. The third-order valence-electron chi connectivity index (χ3n) is 0.729. The van der Waals surface area contributed by atoms with Gasteiger partial charge in [0.1, 0.15) is 0 Å². The molecule has 0 aromatic rings. The van der Waals surface area contributed by atoms with Gasteiger partial charge in [-0.1, -0.05) is 30.4 Å². The number of hydrogen-bond acceptors (Lipinski definition) is 0. The molecule has 0 aliphatic rings. The molecule has 0 aliphatic carbocycles. The maximum atomic E-state index is 3.66. The van der Waals surface area contributed by atoms with Crippen LogP contribution in [0.4, 0.5) is 0 Å². The highest BCUT2D eigenvalue weighted by Gasteiger charge is 1.77. The Morgan fingerprint density at radius 2 is 1.22 bits per heavy atom. The van der Waals surface area contributed by atoms with E-state index in [2.05, 4.69) is 19.7 Å². The van der Waals surface area contributed by atoms with Crippen molar-refractivity contribution in [2.45, 2.75) is 20.8 Å². The molecule has 0 rings (SSSR count). The monoisotopic (exact) mass is 124 g/mol. The van der Waals surface area contributed by atoms with E-state index in [-0.39, 0.29) is 0 Å². The van der Waals surface area contributed by atoms with Gasteiger partial charge in [0.15, 0.2) is 0 Å². The van der Waals surface area contributed by atoms with Crippen LogP contribution in [-0.4, -0.2) is 0 Å². The van der Waals surface area contributed by atoms with Crippen LogP contribution in [0.2, 0.25) is 0 Å². The molecule has 9 heavy (non-hydrogen) atoms. The van der Waals surface area contributed by atoms with E-state index in [0.29, 0.717) is 0 Å². The van der Waals surface area contributed by atoms with Crippen molar-refractivity contribution in [3.05, 3.63) is 37.0 Å². The summed E-state index contributed by atoms with van der Waals surface area (Å²) in [5.74, 6) is 0. The van der Waals surface area contributed by atoms with E-state index in [0.717, 1.165) is 11.1 Å². The molecule has 0 aromatic carbocycles. The SMILES string of the molecule is C=C(C)C(=C)C.C=CC. The van der Waals surface area contributed by atoms with Crippen LogP contribution >= 0.6 is 0 Å². The Bertz CT molecular complexity index is 95.2. The van der Waals surface area contributed by atoms with Crippen molar-refractivity contribution in [3.63, 3.8) is 0 Å². The summed E-state index contributed by atoms with van der Waals surface area (Å²) in [5.41, 5.74) is 2.13. The Kier molecular flexibility index (Phi) is 8.89. The van der Waals surface area contributed by atoms with Crippen LogP contribution < -0.4 is 0 Å². The highest BCUT2D eigenvalue weighted by molar-refractivity contribution is 5.19. The summed E-state index contributed by atoms with van der Waals surface area (Å²) in [6, 6.07) is 0. The first kappa shape index (κ1) is 11.1. The van der Waals surface area contributed by atoms with Gasteiger partial charge < -0.3 is 0 Å². The maximum Gasteiger partial charge on any atom is -0.0401 e. The highest BCUT2D eigenvalue weighted by atomic mass is 13.8. The van der Waals surface area contributed by atoms with Gasteiger partial charge >= 0.3 is 0 Å². The Hall–Kier alpha value is -0.780. The average Bonchev–Trinajstić information content (AvgIpc) is 1.68. The minimum Gasteiger partial charge on any atom is -0.103 e. The fourth-order valence-corrected chi connectivity index (χ4v) is 0. The minimum atomic E-state index is 1.06. The molecule has 0 spiro atoms. The first-order valence-corrected chi connectivity index (χ1v) is 2.94. The summed E-state index contributed by atoms with van der Waals surface area (Å²) < 4.78 is 0. The summed E-state index contributed by atoms with van der Waals surface area (Å²) in [4.78, 5) is 0. The molecule has 0 aromatic heterocycles. The lowest BCUT2D eigenvalue weighted by atomic mass is 10.2. The lowest BCUT2D eigenvalue weighted by Gasteiger charge is -1.88. The second-order valence-corrected chi connectivity index (χ2v) is 1.97. The second kappa shape index (κ2) is 7.22. The third kappa shape index (κ3) is 19.0. The van der Waals surface area contributed by atoms with Crippen molar-refractivity contribution in [1.82, 2.24) is 0 Å². The summed E-state index contributed by atoms with van der Waals surface area (Å²) in [5, 5.41) is 0. The molecular weight excluding hydrogens is 108 g/mol. The van der Waals surface area contributed by atoms with Gasteiger partial charge in [-0.25, -0.2) is 0 Å². The van der Waals surface area contributed by atoms with E-state index < -0.39 is 0 Å². The summed E-state index contributed by atoms with van der Waals surface area (Å²) in [6.45, 7) is 16.5. The van der Waals surface area contributed by atoms with Gasteiger partial charge in [0.05, 0.1) is 0 Å². The van der Waals surface area contributed by atoms with Gasteiger partial charge in [0, 0.05) is 0 Å². The van der Waals surface area contributed by atoms with Crippen molar-refractivity contribution in [1.29, 1.82) is 0 Å². The van der Waals surface area contributed by atoms with Crippen LogP contribution in [0.5, 0.6) is 0 Å². The molecule has 0 aliphatic heterocycles. The van der Waals surface area contributed by atoms with E-state index in [9.17, 15) is 0 Å². The van der Waals surface area contributed by atoms with Gasteiger partial charge in [0.25, 0.3) is 0 Å². The minimum absolute atomic E-state index is 1.06. The molecule has 0 N–H and O–H groups in total. The first-order valence-electron chi connectivity index (χ1n) is 2.94. The zero-order valence-corrected chi connectivity index (χ0v) is 6.70. The van der Waals surface area contributed by atoms with Crippen molar-refractivity contribution < 1.29 is 0 Å². The molecule has 0 amide bonds. The van der Waals surface area contributed by atoms with Crippen LogP contribution in [-0.2, 0) is 0 Å². The van der Waals surface area contributed by atoms with E-state index in [1.165, 1.54) is 0 Å². The van der Waals surface area contributed by atoms with Crippen LogP contribution in [0.15, 0.2) is 37.0 Å². The van der Waals surface area contributed by atoms with Gasteiger partial charge in [-0.2, -0.15) is 0 Å². The molecule has 0 fully saturated rings. The zero-order valence-electron chi connectivity index (χ0n) is 6.70. The molecular formula is C9H16. The van der Waals surface area contributed by atoms with Crippen molar-refractivity contribution in [3.8, 4) is 0 Å². The number of hydrogen-bond donors (Lipinski definition) is 0. The van der Waals surface area contributed by atoms with Crippen LogP contribution in [0.25, 0.3) is 0 Å². The van der Waals surface area contributed by atoms with E-state index in [4.69, 9.17) is 0 Å². The third-order valence-corrected chi connectivity index (χ3v) is 0.729. The molecule has 0 heteroatoms. The zero-order chi connectivity index (χ0) is 7.86. The summed E-state index contributed by atoms with van der Waals surface area (Å²) >= 11 is 0. The van der Waals surface area contributed by atoms with Crippen molar-refractivity contribution in [2.24, 2.45) is 0 Å². The van der Waals surface area contributed by atoms with Gasteiger partial charge in [-0.3, -0.25) is 0 Å². The lowest BCUT2D eigenvalue weighted by Crippen LogP contribution is -1.67. The molecule has 0 unspecified atom stereocenters. The van der Waals surface area contributed by atoms with Crippen molar-refractivity contribution in [2.75, 3.05) is 0 Å². The number of allylic oxidation sites excluding steroid dienone is 3. The molecule has 0 atom stereocenters. The lowest BCUT2D eigenvalue weighted by molar-refractivity contribution is 1.39. The molecule has 0 nitrogen and oxygen atoms in total.